The van der Waals surface area contributed by atoms with Crippen molar-refractivity contribution in [1.82, 2.24) is 9.97 Å². The minimum absolute atomic E-state index is 0.551. The van der Waals surface area contributed by atoms with E-state index in [9.17, 15) is 10.5 Å². The maximum absolute atomic E-state index is 11.5. The summed E-state index contributed by atoms with van der Waals surface area (Å²) in [5.74, 6) is 1.50. The largest absolute Gasteiger partial charge is 0.294 e. The van der Waals surface area contributed by atoms with Crippen LogP contribution >= 0.6 is 0 Å². The smallest absolute Gasteiger partial charge is 0.137 e. The molecule has 10 aromatic rings. The second kappa shape index (κ2) is 17.9. The number of aromatic nitrogens is 2. The van der Waals surface area contributed by atoms with Gasteiger partial charge in [0.15, 0.2) is 0 Å². The van der Waals surface area contributed by atoms with Crippen molar-refractivity contribution in [1.29, 1.82) is 10.5 Å². The second-order valence-electron chi connectivity index (χ2n) is 17.8. The van der Waals surface area contributed by atoms with Crippen molar-refractivity contribution >= 4 is 66.7 Å². The van der Waals surface area contributed by atoms with Gasteiger partial charge in [-0.3, -0.25) is 9.80 Å². The summed E-state index contributed by atoms with van der Waals surface area (Å²) in [4.78, 5) is 14.4. The lowest BCUT2D eigenvalue weighted by atomic mass is 9.72. The summed E-state index contributed by atoms with van der Waals surface area (Å²) in [6.07, 6.45) is 12.0. The van der Waals surface area contributed by atoms with Crippen molar-refractivity contribution in [2.24, 2.45) is 0 Å². The predicted octanol–water partition coefficient (Wildman–Crippen LogP) is 16.4. The monoisotopic (exact) mass is 864 g/mol. The third-order valence-electron chi connectivity index (χ3n) is 13.9. The predicted molar refractivity (Wildman–Crippen MR) is 275 cm³/mol. The standard InChI is InChI=1S/C61H48N6/c62-41-49-39-47(43-17-7-5-8-18-43)27-31-53(49)66(57-21-11-15-37-64-57)54-32-25-45-24-30-51-55(33-26-46-23-29-50(54)59(45)60(46)51)67(58-22-12-16-38-65-58)56-34-28-48(44-19-9-6-10-20-44)40-52(56)61(42-63)35-13-3-1-2-4-14-36-61/h5-12,15-34,37-40H,1-4,13-14,35-36H2. The number of rotatable bonds is 9. The molecule has 8 aromatic carbocycles. The van der Waals surface area contributed by atoms with Crippen LogP contribution in [0.4, 0.5) is 34.4 Å². The molecule has 0 saturated heterocycles. The molecule has 11 rings (SSSR count). The van der Waals surface area contributed by atoms with E-state index < -0.39 is 5.41 Å². The molecular weight excluding hydrogens is 817 g/mol. The van der Waals surface area contributed by atoms with Crippen LogP contribution in [0.2, 0.25) is 0 Å². The summed E-state index contributed by atoms with van der Waals surface area (Å²) in [6.45, 7) is 0. The van der Waals surface area contributed by atoms with E-state index in [-0.39, 0.29) is 0 Å². The Hall–Kier alpha value is -8.32. The van der Waals surface area contributed by atoms with Gasteiger partial charge in [-0.2, -0.15) is 10.5 Å². The molecule has 1 saturated carbocycles. The number of hydrogen-bond acceptors (Lipinski definition) is 6. The number of hydrogen-bond donors (Lipinski definition) is 0. The van der Waals surface area contributed by atoms with E-state index in [2.05, 4.69) is 143 Å². The maximum Gasteiger partial charge on any atom is 0.137 e. The lowest BCUT2D eigenvalue weighted by Crippen LogP contribution is -2.27. The molecule has 0 aliphatic heterocycles. The Labute approximate surface area is 392 Å². The molecule has 0 atom stereocenters. The highest BCUT2D eigenvalue weighted by molar-refractivity contribution is 6.28. The first-order valence-corrected chi connectivity index (χ1v) is 23.5. The van der Waals surface area contributed by atoms with Gasteiger partial charge in [0.25, 0.3) is 0 Å². The van der Waals surface area contributed by atoms with Crippen molar-refractivity contribution in [3.8, 4) is 34.4 Å². The van der Waals surface area contributed by atoms with E-state index >= 15 is 0 Å². The van der Waals surface area contributed by atoms with Gasteiger partial charge in [-0.25, -0.2) is 9.97 Å². The van der Waals surface area contributed by atoms with Gasteiger partial charge in [-0.1, -0.05) is 160 Å². The van der Waals surface area contributed by atoms with Crippen LogP contribution in [0.5, 0.6) is 0 Å². The van der Waals surface area contributed by atoms with E-state index in [1.807, 2.05) is 66.9 Å². The van der Waals surface area contributed by atoms with Crippen LogP contribution in [0.15, 0.2) is 194 Å². The van der Waals surface area contributed by atoms with Gasteiger partial charge in [0.05, 0.1) is 39.8 Å². The Morgan fingerprint density at radius 2 is 0.881 bits per heavy atom. The van der Waals surface area contributed by atoms with Gasteiger partial charge in [-0.05, 0) is 123 Å². The molecule has 0 bridgehead atoms. The molecular formula is C61H48N6. The number of benzene rings is 8. The molecule has 2 heterocycles. The highest BCUT2D eigenvalue weighted by Crippen LogP contribution is 2.51. The zero-order valence-electron chi connectivity index (χ0n) is 37.3. The average Bonchev–Trinajstić information content (AvgIpc) is 3.53. The minimum atomic E-state index is -0.688. The van der Waals surface area contributed by atoms with Crippen molar-refractivity contribution in [2.75, 3.05) is 9.80 Å². The Bertz CT molecular complexity index is 3440. The summed E-state index contributed by atoms with van der Waals surface area (Å²) in [5, 5.41) is 28.9. The van der Waals surface area contributed by atoms with Crippen LogP contribution in [0.3, 0.4) is 0 Å². The van der Waals surface area contributed by atoms with Gasteiger partial charge >= 0.3 is 0 Å². The summed E-state index contributed by atoms with van der Waals surface area (Å²) < 4.78 is 0. The molecule has 322 valence electrons. The SMILES string of the molecule is N#Cc1cc(-c2ccccc2)ccc1N(c1ccccn1)c1ccc2ccc3c(N(c4ccccn4)c4ccc(-c5ccccc5)cc4C4(C#N)CCCCCCCC4)ccc4ccc1c2c43. The minimum Gasteiger partial charge on any atom is -0.294 e. The maximum atomic E-state index is 11.5. The third-order valence-corrected chi connectivity index (χ3v) is 13.9. The highest BCUT2D eigenvalue weighted by atomic mass is 15.2. The Kier molecular flexibility index (Phi) is 11.1. The van der Waals surface area contributed by atoms with Gasteiger partial charge in [-0.15, -0.1) is 0 Å². The van der Waals surface area contributed by atoms with Gasteiger partial charge in [0.2, 0.25) is 0 Å². The van der Waals surface area contributed by atoms with Crippen LogP contribution < -0.4 is 9.80 Å². The van der Waals surface area contributed by atoms with E-state index in [0.29, 0.717) is 11.4 Å². The fourth-order valence-electron chi connectivity index (χ4n) is 10.6. The summed E-state index contributed by atoms with van der Waals surface area (Å²) >= 11 is 0. The highest BCUT2D eigenvalue weighted by Gasteiger charge is 2.37. The van der Waals surface area contributed by atoms with Gasteiger partial charge in [0.1, 0.15) is 17.7 Å². The van der Waals surface area contributed by atoms with Crippen LogP contribution in [0.1, 0.15) is 62.5 Å². The normalized spacial score (nSPS) is 13.9. The van der Waals surface area contributed by atoms with Crippen molar-refractivity contribution in [3.05, 3.63) is 206 Å². The van der Waals surface area contributed by atoms with Crippen LogP contribution in [0, 0.1) is 22.7 Å². The molecule has 0 N–H and O–H groups in total. The Balaban J connectivity index is 1.14. The molecule has 2 aromatic heterocycles. The van der Waals surface area contributed by atoms with E-state index in [0.717, 1.165) is 127 Å². The topological polar surface area (TPSA) is 79.8 Å². The molecule has 1 aliphatic carbocycles. The average molecular weight is 865 g/mol. The zero-order chi connectivity index (χ0) is 45.2. The van der Waals surface area contributed by atoms with Crippen LogP contribution in [-0.2, 0) is 5.41 Å². The second-order valence-corrected chi connectivity index (χ2v) is 17.8. The lowest BCUT2D eigenvalue weighted by Gasteiger charge is -2.35. The molecule has 6 nitrogen and oxygen atoms in total. The molecule has 0 unspecified atom stereocenters. The van der Waals surface area contributed by atoms with Gasteiger partial charge in [0, 0.05) is 23.2 Å². The molecule has 6 heteroatoms. The fraction of sp³-hybridized carbons (Fsp3) is 0.148. The lowest BCUT2D eigenvalue weighted by molar-refractivity contribution is 0.440. The number of anilines is 6. The van der Waals surface area contributed by atoms with Crippen LogP contribution in [-0.4, -0.2) is 9.97 Å². The van der Waals surface area contributed by atoms with E-state index in [4.69, 9.17) is 9.97 Å². The third kappa shape index (κ3) is 7.57. The molecule has 1 aliphatic rings. The summed E-state index contributed by atoms with van der Waals surface area (Å²) in [6, 6.07) is 68.7. The molecule has 1 fully saturated rings. The van der Waals surface area contributed by atoms with Crippen molar-refractivity contribution < 1.29 is 0 Å². The first kappa shape index (κ1) is 41.4. The summed E-state index contributed by atoms with van der Waals surface area (Å²) in [7, 11) is 0. The molecule has 0 amide bonds. The van der Waals surface area contributed by atoms with Gasteiger partial charge < -0.3 is 0 Å². The Morgan fingerprint density at radius 3 is 1.39 bits per heavy atom. The first-order chi connectivity index (χ1) is 33.1. The first-order valence-electron chi connectivity index (χ1n) is 23.5. The number of pyridine rings is 2. The van der Waals surface area contributed by atoms with Crippen LogP contribution in [0.25, 0.3) is 54.6 Å². The number of nitrogens with zero attached hydrogens (tertiary/aromatic N) is 6. The zero-order valence-corrected chi connectivity index (χ0v) is 37.3. The quantitative estimate of drug-likeness (QED) is 0.134. The fourth-order valence-corrected chi connectivity index (χ4v) is 10.6. The molecule has 0 radical (unpaired) electrons. The molecule has 0 spiro atoms. The van der Waals surface area contributed by atoms with Crippen molar-refractivity contribution in [2.45, 2.75) is 56.8 Å². The van der Waals surface area contributed by atoms with Crippen molar-refractivity contribution in [3.63, 3.8) is 0 Å². The Morgan fingerprint density at radius 1 is 0.418 bits per heavy atom. The summed E-state index contributed by atoms with van der Waals surface area (Å²) in [5.41, 5.74) is 8.80. The molecule has 67 heavy (non-hydrogen) atoms. The number of nitriles is 2. The van der Waals surface area contributed by atoms with E-state index in [1.165, 1.54) is 12.8 Å². The van der Waals surface area contributed by atoms with E-state index in [1.54, 1.807) is 6.20 Å².